The molecule has 0 radical (unpaired) electrons. The molecule has 126 valence electrons. The topological polar surface area (TPSA) is 77.2 Å². The Morgan fingerprint density at radius 2 is 2.00 bits per heavy atom. The van der Waals surface area contributed by atoms with E-state index in [-0.39, 0.29) is 5.56 Å². The lowest BCUT2D eigenvalue weighted by Crippen LogP contribution is -2.37. The van der Waals surface area contributed by atoms with Crippen LogP contribution in [0.5, 0.6) is 0 Å². The third kappa shape index (κ3) is 3.23. The quantitative estimate of drug-likeness (QED) is 0.788. The van der Waals surface area contributed by atoms with E-state index < -0.39 is 0 Å². The highest BCUT2D eigenvalue weighted by Gasteiger charge is 2.15. The maximum absolute atomic E-state index is 12.5. The summed E-state index contributed by atoms with van der Waals surface area (Å²) in [6.45, 7) is 7.31. The number of nitrogens with zero attached hydrogens (tertiary/aromatic N) is 5. The summed E-state index contributed by atoms with van der Waals surface area (Å²) in [7, 11) is 3.51. The van der Waals surface area contributed by atoms with Crippen LogP contribution in [-0.4, -0.2) is 63.6 Å². The van der Waals surface area contributed by atoms with E-state index in [0.29, 0.717) is 17.0 Å². The Labute approximate surface area is 135 Å². The standard InChI is InChI=1S/C15H24N6O2/c1-11-12-13(20(3)18-11)14(22)19(2)15(17-12)16-5-4-6-21-7-9-23-10-8-21/h4-10H2,1-3H3,(H,16,17). The van der Waals surface area contributed by atoms with E-state index >= 15 is 0 Å². The number of morpholine rings is 1. The number of anilines is 1. The van der Waals surface area contributed by atoms with Gasteiger partial charge in [-0.05, 0) is 19.9 Å². The Morgan fingerprint density at radius 3 is 2.74 bits per heavy atom. The van der Waals surface area contributed by atoms with Crippen molar-refractivity contribution in [1.82, 2.24) is 24.2 Å². The van der Waals surface area contributed by atoms with Crippen molar-refractivity contribution in [1.29, 1.82) is 0 Å². The second kappa shape index (κ2) is 6.67. The molecule has 1 fully saturated rings. The van der Waals surface area contributed by atoms with E-state index in [2.05, 4.69) is 20.3 Å². The van der Waals surface area contributed by atoms with Crippen LogP contribution < -0.4 is 10.9 Å². The van der Waals surface area contributed by atoms with Crippen LogP contribution in [0.25, 0.3) is 11.0 Å². The van der Waals surface area contributed by atoms with Crippen molar-refractivity contribution in [2.24, 2.45) is 14.1 Å². The van der Waals surface area contributed by atoms with Crippen LogP contribution in [0.4, 0.5) is 5.95 Å². The van der Waals surface area contributed by atoms with Crippen LogP contribution in [0.1, 0.15) is 12.1 Å². The fourth-order valence-corrected chi connectivity index (χ4v) is 2.94. The summed E-state index contributed by atoms with van der Waals surface area (Å²) in [5.74, 6) is 0.598. The largest absolute Gasteiger partial charge is 0.379 e. The summed E-state index contributed by atoms with van der Waals surface area (Å²) in [4.78, 5) is 19.4. The molecule has 3 heterocycles. The Morgan fingerprint density at radius 1 is 1.26 bits per heavy atom. The number of nitrogens with one attached hydrogen (secondary N) is 1. The van der Waals surface area contributed by atoms with E-state index in [0.717, 1.165) is 51.5 Å². The molecule has 8 heteroatoms. The Bertz CT molecular complexity index is 744. The molecule has 0 spiro atoms. The van der Waals surface area contributed by atoms with Crippen molar-refractivity contribution in [3.63, 3.8) is 0 Å². The fourth-order valence-electron chi connectivity index (χ4n) is 2.94. The molecule has 0 unspecified atom stereocenters. The normalized spacial score (nSPS) is 16.1. The summed E-state index contributed by atoms with van der Waals surface area (Å²) in [5.41, 5.74) is 1.92. The molecule has 0 saturated carbocycles. The zero-order chi connectivity index (χ0) is 16.4. The van der Waals surface area contributed by atoms with Gasteiger partial charge in [0, 0.05) is 33.7 Å². The first-order valence-electron chi connectivity index (χ1n) is 8.02. The van der Waals surface area contributed by atoms with Crippen molar-refractivity contribution in [3.05, 3.63) is 16.0 Å². The molecule has 2 aromatic heterocycles. The molecule has 1 aliphatic heterocycles. The number of ether oxygens (including phenoxy) is 1. The molecule has 0 atom stereocenters. The van der Waals surface area contributed by atoms with Crippen LogP contribution in [-0.2, 0) is 18.8 Å². The van der Waals surface area contributed by atoms with E-state index in [9.17, 15) is 4.79 Å². The monoisotopic (exact) mass is 320 g/mol. The molecular formula is C15H24N6O2. The van der Waals surface area contributed by atoms with Gasteiger partial charge in [-0.1, -0.05) is 0 Å². The second-order valence-electron chi connectivity index (χ2n) is 5.94. The molecule has 8 nitrogen and oxygen atoms in total. The maximum atomic E-state index is 12.5. The molecule has 0 aromatic carbocycles. The minimum atomic E-state index is -0.0752. The molecule has 0 aliphatic carbocycles. The van der Waals surface area contributed by atoms with Gasteiger partial charge in [0.1, 0.15) is 5.52 Å². The van der Waals surface area contributed by atoms with Gasteiger partial charge in [-0.15, -0.1) is 0 Å². The summed E-state index contributed by atoms with van der Waals surface area (Å²) in [5, 5.41) is 7.56. The third-order valence-electron chi connectivity index (χ3n) is 4.27. The second-order valence-corrected chi connectivity index (χ2v) is 5.94. The lowest BCUT2D eigenvalue weighted by Gasteiger charge is -2.26. The van der Waals surface area contributed by atoms with Crippen molar-refractivity contribution in [2.45, 2.75) is 13.3 Å². The van der Waals surface area contributed by atoms with Crippen LogP contribution >= 0.6 is 0 Å². The van der Waals surface area contributed by atoms with Crippen LogP contribution in [0, 0.1) is 6.92 Å². The zero-order valence-corrected chi connectivity index (χ0v) is 14.0. The molecule has 1 saturated heterocycles. The predicted octanol–water partition coefficient (Wildman–Crippen LogP) is 0.110. The number of aromatic nitrogens is 4. The van der Waals surface area contributed by atoms with Crippen LogP contribution in [0.2, 0.25) is 0 Å². The average molecular weight is 320 g/mol. The highest BCUT2D eigenvalue weighted by molar-refractivity contribution is 5.77. The van der Waals surface area contributed by atoms with E-state index in [1.54, 1.807) is 23.3 Å². The molecule has 2 aromatic rings. The fraction of sp³-hybridized carbons (Fsp3) is 0.667. The van der Waals surface area contributed by atoms with Gasteiger partial charge in [-0.2, -0.15) is 5.10 Å². The third-order valence-corrected chi connectivity index (χ3v) is 4.27. The average Bonchev–Trinajstić information content (AvgIpc) is 2.83. The molecule has 0 amide bonds. The van der Waals surface area contributed by atoms with E-state index in [1.165, 1.54) is 0 Å². The van der Waals surface area contributed by atoms with Gasteiger partial charge in [-0.3, -0.25) is 18.9 Å². The molecule has 3 rings (SSSR count). The van der Waals surface area contributed by atoms with Crippen molar-refractivity contribution < 1.29 is 4.74 Å². The molecular weight excluding hydrogens is 296 g/mol. The highest BCUT2D eigenvalue weighted by atomic mass is 16.5. The lowest BCUT2D eigenvalue weighted by atomic mass is 10.3. The van der Waals surface area contributed by atoms with Gasteiger partial charge < -0.3 is 10.1 Å². The van der Waals surface area contributed by atoms with Crippen molar-refractivity contribution in [3.8, 4) is 0 Å². The van der Waals surface area contributed by atoms with Gasteiger partial charge >= 0.3 is 0 Å². The Balaban J connectivity index is 1.67. The lowest BCUT2D eigenvalue weighted by molar-refractivity contribution is 0.0378. The first-order valence-corrected chi connectivity index (χ1v) is 8.02. The summed E-state index contributed by atoms with van der Waals surface area (Å²) < 4.78 is 8.50. The maximum Gasteiger partial charge on any atom is 0.280 e. The number of aryl methyl sites for hydroxylation is 2. The van der Waals surface area contributed by atoms with Crippen molar-refractivity contribution >= 4 is 17.0 Å². The molecule has 1 aliphatic rings. The minimum absolute atomic E-state index is 0.0752. The van der Waals surface area contributed by atoms with Gasteiger partial charge in [0.05, 0.1) is 18.9 Å². The zero-order valence-electron chi connectivity index (χ0n) is 14.0. The number of fused-ring (bicyclic) bond motifs is 1. The van der Waals surface area contributed by atoms with Gasteiger partial charge in [0.15, 0.2) is 5.52 Å². The molecule has 1 N–H and O–H groups in total. The molecule has 23 heavy (non-hydrogen) atoms. The van der Waals surface area contributed by atoms with E-state index in [4.69, 9.17) is 4.74 Å². The van der Waals surface area contributed by atoms with Crippen LogP contribution in [0.3, 0.4) is 0 Å². The van der Waals surface area contributed by atoms with Gasteiger partial charge in [0.2, 0.25) is 5.95 Å². The Hall–Kier alpha value is -1.93. The van der Waals surface area contributed by atoms with Gasteiger partial charge in [-0.25, -0.2) is 4.98 Å². The number of hydrogen-bond acceptors (Lipinski definition) is 6. The SMILES string of the molecule is Cc1nn(C)c2c(=O)n(C)c(NCCCN3CCOCC3)nc12. The smallest absolute Gasteiger partial charge is 0.280 e. The van der Waals surface area contributed by atoms with E-state index in [1.807, 2.05) is 6.92 Å². The van der Waals surface area contributed by atoms with Crippen LogP contribution in [0.15, 0.2) is 4.79 Å². The van der Waals surface area contributed by atoms with Crippen molar-refractivity contribution in [2.75, 3.05) is 44.7 Å². The Kier molecular flexibility index (Phi) is 4.63. The molecule has 0 bridgehead atoms. The van der Waals surface area contributed by atoms with Gasteiger partial charge in [0.25, 0.3) is 5.56 Å². The number of hydrogen-bond donors (Lipinski definition) is 1. The summed E-state index contributed by atoms with van der Waals surface area (Å²) >= 11 is 0. The minimum Gasteiger partial charge on any atom is -0.379 e. The first-order chi connectivity index (χ1) is 11.1. The number of rotatable bonds is 5. The highest BCUT2D eigenvalue weighted by Crippen LogP contribution is 2.13. The first kappa shape index (κ1) is 15.9. The summed E-state index contributed by atoms with van der Waals surface area (Å²) in [6.07, 6.45) is 1.000. The summed E-state index contributed by atoms with van der Waals surface area (Å²) in [6, 6.07) is 0. The predicted molar refractivity (Wildman–Crippen MR) is 88.9 cm³/mol.